The third kappa shape index (κ3) is 2.26. The molecule has 1 aliphatic rings. The highest BCUT2D eigenvalue weighted by molar-refractivity contribution is 9.10. The van der Waals surface area contributed by atoms with Crippen molar-refractivity contribution < 1.29 is 15.0 Å². The van der Waals surface area contributed by atoms with Gasteiger partial charge < -0.3 is 10.2 Å². The number of rotatable bonds is 3. The number of hydrogen-bond donors (Lipinski definition) is 2. The highest BCUT2D eigenvalue weighted by Gasteiger charge is 2.30. The summed E-state index contributed by atoms with van der Waals surface area (Å²) < 4.78 is 0.742. The number of carboxylic acids is 1. The Labute approximate surface area is 115 Å². The number of halogens is 1. The number of phenolic OH excluding ortho intramolecular Hbond substituents is 1. The van der Waals surface area contributed by atoms with Gasteiger partial charge in [0.15, 0.2) is 0 Å². The lowest BCUT2D eigenvalue weighted by Gasteiger charge is -2.26. The summed E-state index contributed by atoms with van der Waals surface area (Å²) >= 11 is 3.44. The third-order valence-electron chi connectivity index (χ3n) is 3.63. The van der Waals surface area contributed by atoms with Crippen molar-refractivity contribution in [3.05, 3.63) is 27.2 Å². The fourth-order valence-electron chi connectivity index (χ4n) is 2.67. The average Bonchev–Trinajstić information content (AvgIpc) is 2.69. The van der Waals surface area contributed by atoms with E-state index in [1.165, 1.54) is 11.1 Å². The van der Waals surface area contributed by atoms with Crippen molar-refractivity contribution in [2.75, 3.05) is 0 Å². The molecule has 1 aromatic carbocycles. The lowest BCUT2D eigenvalue weighted by Crippen LogP contribution is -2.22. The van der Waals surface area contributed by atoms with Gasteiger partial charge in [0.2, 0.25) is 0 Å². The second-order valence-corrected chi connectivity index (χ2v) is 6.33. The molecule has 3 nitrogen and oxygen atoms in total. The molecule has 1 aliphatic carbocycles. The molecule has 0 radical (unpaired) electrons. The summed E-state index contributed by atoms with van der Waals surface area (Å²) in [6.07, 6.45) is 3.08. The van der Waals surface area contributed by atoms with Crippen molar-refractivity contribution in [1.82, 2.24) is 0 Å². The number of fused-ring (bicyclic) bond motifs is 1. The van der Waals surface area contributed by atoms with Gasteiger partial charge >= 0.3 is 5.97 Å². The number of phenols is 1. The number of carbonyl (C=O) groups is 1. The van der Waals surface area contributed by atoms with E-state index < -0.39 is 11.4 Å². The van der Waals surface area contributed by atoms with Crippen LogP contribution in [0.1, 0.15) is 43.4 Å². The van der Waals surface area contributed by atoms with Gasteiger partial charge in [-0.2, -0.15) is 0 Å². The molecular weight excluding hydrogens is 296 g/mol. The molecule has 0 amide bonds. The van der Waals surface area contributed by atoms with E-state index in [1.807, 2.05) is 19.9 Å². The van der Waals surface area contributed by atoms with E-state index in [-0.39, 0.29) is 12.2 Å². The van der Waals surface area contributed by atoms with Crippen LogP contribution in [-0.2, 0) is 23.1 Å². The Balaban J connectivity index is 2.52. The van der Waals surface area contributed by atoms with E-state index in [9.17, 15) is 9.90 Å². The predicted molar refractivity (Wildman–Crippen MR) is 73.1 cm³/mol. The summed E-state index contributed by atoms with van der Waals surface area (Å²) in [4.78, 5) is 10.9. The van der Waals surface area contributed by atoms with Crippen LogP contribution >= 0.6 is 15.9 Å². The molecule has 2 rings (SSSR count). The van der Waals surface area contributed by atoms with Crippen LogP contribution < -0.4 is 0 Å². The van der Waals surface area contributed by atoms with Gasteiger partial charge in [-0.15, -0.1) is 0 Å². The van der Waals surface area contributed by atoms with Gasteiger partial charge in [0.05, 0.1) is 10.9 Å². The van der Waals surface area contributed by atoms with Crippen LogP contribution in [0.5, 0.6) is 5.75 Å². The van der Waals surface area contributed by atoms with Gasteiger partial charge in [0.1, 0.15) is 5.75 Å². The van der Waals surface area contributed by atoms with Crippen molar-refractivity contribution in [3.63, 3.8) is 0 Å². The Morgan fingerprint density at radius 2 is 2.11 bits per heavy atom. The quantitative estimate of drug-likeness (QED) is 0.899. The van der Waals surface area contributed by atoms with Crippen molar-refractivity contribution >= 4 is 21.9 Å². The Hall–Kier alpha value is -1.03. The summed E-state index contributed by atoms with van der Waals surface area (Å²) in [5, 5.41) is 19.2. The Morgan fingerprint density at radius 1 is 1.44 bits per heavy atom. The van der Waals surface area contributed by atoms with Gasteiger partial charge in [-0.3, -0.25) is 4.79 Å². The molecule has 98 valence electrons. The zero-order valence-electron chi connectivity index (χ0n) is 10.6. The molecule has 0 saturated carbocycles. The molecule has 2 N–H and O–H groups in total. The van der Waals surface area contributed by atoms with E-state index in [0.717, 1.165) is 29.3 Å². The minimum Gasteiger partial charge on any atom is -0.506 e. The number of hydrogen-bond acceptors (Lipinski definition) is 2. The van der Waals surface area contributed by atoms with E-state index >= 15 is 0 Å². The lowest BCUT2D eigenvalue weighted by atomic mass is 9.80. The van der Waals surface area contributed by atoms with Gasteiger partial charge in [0.25, 0.3) is 0 Å². The normalized spacial score (nSPS) is 14.6. The first-order valence-electron chi connectivity index (χ1n) is 6.08. The number of aliphatic carboxylic acids is 1. The molecule has 0 atom stereocenters. The first-order chi connectivity index (χ1) is 8.33. The number of carboxylic acid groups (broad SMARTS) is 1. The molecular formula is C14H17BrO3. The van der Waals surface area contributed by atoms with E-state index in [2.05, 4.69) is 15.9 Å². The van der Waals surface area contributed by atoms with Gasteiger partial charge in [0, 0.05) is 11.0 Å². The minimum atomic E-state index is -0.851. The molecule has 0 bridgehead atoms. The third-order valence-corrected chi connectivity index (χ3v) is 4.48. The van der Waals surface area contributed by atoms with Crippen LogP contribution in [0.15, 0.2) is 10.5 Å². The molecule has 1 aromatic rings. The summed E-state index contributed by atoms with van der Waals surface area (Å²) in [7, 11) is 0. The molecule has 0 unspecified atom stereocenters. The Kier molecular flexibility index (Phi) is 3.41. The average molecular weight is 313 g/mol. The Morgan fingerprint density at radius 3 is 2.72 bits per heavy atom. The second-order valence-electron chi connectivity index (χ2n) is 5.53. The van der Waals surface area contributed by atoms with Crippen LogP contribution in [0.3, 0.4) is 0 Å². The van der Waals surface area contributed by atoms with E-state index in [1.54, 1.807) is 0 Å². The van der Waals surface area contributed by atoms with Crippen molar-refractivity contribution in [2.45, 2.75) is 44.9 Å². The summed E-state index contributed by atoms with van der Waals surface area (Å²) in [5.41, 5.74) is 2.55. The van der Waals surface area contributed by atoms with Gasteiger partial charge in [-0.1, -0.05) is 19.9 Å². The number of benzene rings is 1. The lowest BCUT2D eigenvalue weighted by molar-refractivity contribution is -0.138. The van der Waals surface area contributed by atoms with E-state index in [0.29, 0.717) is 0 Å². The zero-order valence-corrected chi connectivity index (χ0v) is 12.2. The maximum Gasteiger partial charge on any atom is 0.304 e. The first-order valence-corrected chi connectivity index (χ1v) is 6.87. The fraction of sp³-hybridized carbons (Fsp3) is 0.500. The molecule has 0 saturated heterocycles. The summed E-state index contributed by atoms with van der Waals surface area (Å²) in [6, 6.07) is 1.98. The zero-order chi connectivity index (χ0) is 13.5. The standard InChI is InChI=1S/C14H17BrO3/c1-14(2,7-11(16)17)10-6-8-4-3-5-9(8)12(15)13(10)18/h6,18H,3-5,7H2,1-2H3,(H,16,17). The van der Waals surface area contributed by atoms with Crippen LogP contribution in [-0.4, -0.2) is 16.2 Å². The highest BCUT2D eigenvalue weighted by atomic mass is 79.9. The molecule has 0 aliphatic heterocycles. The molecule has 0 heterocycles. The maximum atomic E-state index is 10.9. The van der Waals surface area contributed by atoms with Gasteiger partial charge in [-0.05, 0) is 46.3 Å². The highest BCUT2D eigenvalue weighted by Crippen LogP contribution is 2.43. The molecule has 18 heavy (non-hydrogen) atoms. The first kappa shape index (κ1) is 13.4. The molecule has 0 fully saturated rings. The smallest absolute Gasteiger partial charge is 0.304 e. The minimum absolute atomic E-state index is 0.00574. The largest absolute Gasteiger partial charge is 0.506 e. The van der Waals surface area contributed by atoms with Gasteiger partial charge in [-0.25, -0.2) is 0 Å². The molecule has 4 heteroatoms. The van der Waals surface area contributed by atoms with Crippen LogP contribution in [0.25, 0.3) is 0 Å². The van der Waals surface area contributed by atoms with Crippen LogP contribution in [0.4, 0.5) is 0 Å². The fourth-order valence-corrected chi connectivity index (χ4v) is 3.34. The van der Waals surface area contributed by atoms with Crippen molar-refractivity contribution in [3.8, 4) is 5.75 Å². The van der Waals surface area contributed by atoms with Crippen LogP contribution in [0, 0.1) is 0 Å². The van der Waals surface area contributed by atoms with Crippen LogP contribution in [0.2, 0.25) is 0 Å². The second kappa shape index (κ2) is 4.57. The molecule has 0 spiro atoms. The van der Waals surface area contributed by atoms with E-state index in [4.69, 9.17) is 5.11 Å². The number of aryl methyl sites for hydroxylation is 1. The van der Waals surface area contributed by atoms with Crippen molar-refractivity contribution in [1.29, 1.82) is 0 Å². The van der Waals surface area contributed by atoms with Crippen molar-refractivity contribution in [2.24, 2.45) is 0 Å². The topological polar surface area (TPSA) is 57.5 Å². The Bertz CT molecular complexity index is 506. The molecule has 0 aromatic heterocycles. The number of aromatic hydroxyl groups is 1. The summed E-state index contributed by atoms with van der Waals surface area (Å²) in [6.45, 7) is 3.70. The SMILES string of the molecule is CC(C)(CC(=O)O)c1cc2c(c(Br)c1O)CCC2. The monoisotopic (exact) mass is 312 g/mol. The summed E-state index contributed by atoms with van der Waals surface area (Å²) in [5.74, 6) is -0.655. The predicted octanol–water partition coefficient (Wildman–Crippen LogP) is 3.40. The maximum absolute atomic E-state index is 10.9.